The van der Waals surface area contributed by atoms with Crippen LogP contribution in [0.25, 0.3) is 0 Å². The number of ether oxygens (including phenoxy) is 1. The quantitative estimate of drug-likeness (QED) is 0.833. The number of nitrogens with zero attached hydrogens (tertiary/aromatic N) is 3. The average molecular weight is 363 g/mol. The molecule has 8 nitrogen and oxygen atoms in total. The molecule has 1 aromatic carbocycles. The number of hydrogen-bond donors (Lipinski definition) is 2. The molecule has 1 aliphatic heterocycles. The van der Waals surface area contributed by atoms with Crippen molar-refractivity contribution < 1.29 is 13.2 Å². The summed E-state index contributed by atoms with van der Waals surface area (Å²) >= 11 is 0. The van der Waals surface area contributed by atoms with Crippen LogP contribution in [-0.2, 0) is 14.8 Å². The molecule has 2 aromatic rings. The first-order valence-electron chi connectivity index (χ1n) is 7.93. The Morgan fingerprint density at radius 3 is 2.60 bits per heavy atom. The zero-order chi connectivity index (χ0) is 18.0. The van der Waals surface area contributed by atoms with Gasteiger partial charge in [0, 0.05) is 24.9 Å². The number of anilines is 2. The van der Waals surface area contributed by atoms with Crippen molar-refractivity contribution in [1.29, 1.82) is 0 Å². The molecule has 3 rings (SSSR count). The van der Waals surface area contributed by atoms with Crippen LogP contribution < -0.4 is 15.8 Å². The number of benzene rings is 1. The topological polar surface area (TPSA) is 124 Å². The van der Waals surface area contributed by atoms with Crippen molar-refractivity contribution in [1.82, 2.24) is 9.97 Å². The van der Waals surface area contributed by atoms with Crippen molar-refractivity contribution in [3.8, 4) is 0 Å². The van der Waals surface area contributed by atoms with Gasteiger partial charge in [0.15, 0.2) is 0 Å². The molecule has 25 heavy (non-hydrogen) atoms. The number of nitrogen functional groups attached to an aromatic ring is 1. The lowest BCUT2D eigenvalue weighted by molar-refractivity contribution is 0.134. The predicted molar refractivity (Wildman–Crippen MR) is 94.5 cm³/mol. The number of nitrogens with two attached hydrogens (primary N) is 2. The number of hydrogen-bond acceptors (Lipinski definition) is 7. The summed E-state index contributed by atoms with van der Waals surface area (Å²) in [6, 6.07) is 8.30. The first kappa shape index (κ1) is 17.6. The smallest absolute Gasteiger partial charge is 0.238 e. The summed E-state index contributed by atoms with van der Waals surface area (Å²) in [6.45, 7) is 3.74. The van der Waals surface area contributed by atoms with Crippen molar-refractivity contribution in [2.75, 3.05) is 30.4 Å². The molecular formula is C16H21N5O3S. The Balaban J connectivity index is 1.98. The molecule has 0 bridgehead atoms. The van der Waals surface area contributed by atoms with Crippen molar-refractivity contribution in [3.63, 3.8) is 0 Å². The number of aryl methyl sites for hydroxylation is 1. The van der Waals surface area contributed by atoms with Gasteiger partial charge in [-0.2, -0.15) is 4.98 Å². The Morgan fingerprint density at radius 2 is 1.96 bits per heavy atom. The molecule has 2 heterocycles. The van der Waals surface area contributed by atoms with Crippen LogP contribution in [0.3, 0.4) is 0 Å². The molecule has 1 saturated heterocycles. The Hall–Kier alpha value is -2.23. The Morgan fingerprint density at radius 1 is 1.24 bits per heavy atom. The van der Waals surface area contributed by atoms with E-state index in [4.69, 9.17) is 15.6 Å². The van der Waals surface area contributed by atoms with Gasteiger partial charge in [0.1, 0.15) is 5.82 Å². The molecule has 1 fully saturated rings. The fraction of sp³-hybridized carbons (Fsp3) is 0.375. The summed E-state index contributed by atoms with van der Waals surface area (Å²) in [5.41, 5.74) is 7.50. The summed E-state index contributed by atoms with van der Waals surface area (Å²) in [4.78, 5) is 10.7. The first-order chi connectivity index (χ1) is 11.8. The standard InChI is InChI=1S/C16H21N5O3S/c1-11-9-15(20-16(17)19-11)21-7-2-8-24-10-14(21)12-3-5-13(6-4-12)25(18,22)23/h3-6,9,14H,2,7-8,10H2,1H3,(H2,17,19,20)(H2,18,22,23). The van der Waals surface area contributed by atoms with Crippen molar-refractivity contribution >= 4 is 21.8 Å². The van der Waals surface area contributed by atoms with Gasteiger partial charge in [0.25, 0.3) is 0 Å². The van der Waals surface area contributed by atoms with E-state index < -0.39 is 10.0 Å². The molecule has 1 aliphatic rings. The van der Waals surface area contributed by atoms with Crippen LogP contribution in [0.1, 0.15) is 23.7 Å². The SMILES string of the molecule is Cc1cc(N2CCCOCC2c2ccc(S(N)(=O)=O)cc2)nc(N)n1. The highest BCUT2D eigenvalue weighted by molar-refractivity contribution is 7.89. The van der Waals surface area contributed by atoms with Crippen molar-refractivity contribution in [2.45, 2.75) is 24.3 Å². The summed E-state index contributed by atoms with van der Waals surface area (Å²) in [6.07, 6.45) is 0.856. The summed E-state index contributed by atoms with van der Waals surface area (Å²) in [5.74, 6) is 0.958. The van der Waals surface area contributed by atoms with Crippen LogP contribution in [0.15, 0.2) is 35.2 Å². The van der Waals surface area contributed by atoms with Crippen LogP contribution in [-0.4, -0.2) is 38.1 Å². The molecule has 0 spiro atoms. The molecule has 1 atom stereocenters. The lowest BCUT2D eigenvalue weighted by Gasteiger charge is -2.31. The van der Waals surface area contributed by atoms with Gasteiger partial charge in [0.05, 0.1) is 17.5 Å². The molecular weight excluding hydrogens is 342 g/mol. The molecule has 0 radical (unpaired) electrons. The van der Waals surface area contributed by atoms with E-state index in [-0.39, 0.29) is 16.9 Å². The third kappa shape index (κ3) is 4.06. The largest absolute Gasteiger partial charge is 0.379 e. The highest BCUT2D eigenvalue weighted by Crippen LogP contribution is 2.29. The predicted octanol–water partition coefficient (Wildman–Crippen LogP) is 0.983. The fourth-order valence-corrected chi connectivity index (χ4v) is 3.44. The third-order valence-electron chi connectivity index (χ3n) is 4.09. The normalized spacial score (nSPS) is 18.8. The van der Waals surface area contributed by atoms with E-state index in [0.29, 0.717) is 13.2 Å². The van der Waals surface area contributed by atoms with Gasteiger partial charge in [0.2, 0.25) is 16.0 Å². The molecule has 9 heteroatoms. The van der Waals surface area contributed by atoms with Crippen LogP contribution in [0, 0.1) is 6.92 Å². The van der Waals surface area contributed by atoms with E-state index in [1.54, 1.807) is 12.1 Å². The maximum absolute atomic E-state index is 11.4. The number of rotatable bonds is 3. The second-order valence-electron chi connectivity index (χ2n) is 5.98. The summed E-state index contributed by atoms with van der Waals surface area (Å²) in [5, 5.41) is 5.17. The molecule has 0 saturated carbocycles. The van der Waals surface area contributed by atoms with Crippen LogP contribution in [0.2, 0.25) is 0 Å². The van der Waals surface area contributed by atoms with Gasteiger partial charge in [-0.15, -0.1) is 0 Å². The van der Waals surface area contributed by atoms with Gasteiger partial charge in [-0.3, -0.25) is 0 Å². The third-order valence-corrected chi connectivity index (χ3v) is 5.01. The van der Waals surface area contributed by atoms with E-state index in [2.05, 4.69) is 14.9 Å². The van der Waals surface area contributed by atoms with E-state index in [1.165, 1.54) is 12.1 Å². The number of aromatic nitrogens is 2. The van der Waals surface area contributed by atoms with E-state index >= 15 is 0 Å². The van der Waals surface area contributed by atoms with Gasteiger partial charge in [-0.1, -0.05) is 12.1 Å². The van der Waals surface area contributed by atoms with Crippen molar-refractivity contribution in [2.24, 2.45) is 5.14 Å². The Labute approximate surface area is 146 Å². The molecule has 0 aliphatic carbocycles. The molecule has 1 unspecified atom stereocenters. The van der Waals surface area contributed by atoms with E-state index in [1.807, 2.05) is 13.0 Å². The fourth-order valence-electron chi connectivity index (χ4n) is 2.93. The molecule has 0 amide bonds. The van der Waals surface area contributed by atoms with E-state index in [9.17, 15) is 8.42 Å². The second-order valence-corrected chi connectivity index (χ2v) is 7.54. The maximum atomic E-state index is 11.4. The minimum Gasteiger partial charge on any atom is -0.379 e. The molecule has 1 aromatic heterocycles. The highest BCUT2D eigenvalue weighted by Gasteiger charge is 2.25. The molecule has 134 valence electrons. The number of primary sulfonamides is 1. The highest BCUT2D eigenvalue weighted by atomic mass is 32.2. The summed E-state index contributed by atoms with van der Waals surface area (Å²) in [7, 11) is -3.72. The van der Waals surface area contributed by atoms with E-state index in [0.717, 1.165) is 30.0 Å². The lowest BCUT2D eigenvalue weighted by atomic mass is 10.1. The van der Waals surface area contributed by atoms with Crippen LogP contribution in [0.5, 0.6) is 0 Å². The van der Waals surface area contributed by atoms with Gasteiger partial charge < -0.3 is 15.4 Å². The maximum Gasteiger partial charge on any atom is 0.238 e. The molecule has 4 N–H and O–H groups in total. The monoisotopic (exact) mass is 363 g/mol. The minimum absolute atomic E-state index is 0.0828. The van der Waals surface area contributed by atoms with Crippen LogP contribution >= 0.6 is 0 Å². The van der Waals surface area contributed by atoms with Crippen LogP contribution in [0.4, 0.5) is 11.8 Å². The average Bonchev–Trinajstić information content (AvgIpc) is 2.79. The number of sulfonamides is 1. The summed E-state index contributed by atoms with van der Waals surface area (Å²) < 4.78 is 28.6. The Bertz CT molecular complexity index is 834. The van der Waals surface area contributed by atoms with Crippen molar-refractivity contribution in [3.05, 3.63) is 41.6 Å². The lowest BCUT2D eigenvalue weighted by Crippen LogP contribution is -2.31. The zero-order valence-electron chi connectivity index (χ0n) is 13.9. The Kier molecular flexibility index (Phi) is 4.89. The van der Waals surface area contributed by atoms with Gasteiger partial charge in [-0.05, 0) is 31.0 Å². The van der Waals surface area contributed by atoms with Gasteiger partial charge in [-0.25, -0.2) is 18.5 Å². The first-order valence-corrected chi connectivity index (χ1v) is 9.47. The minimum atomic E-state index is -3.72. The zero-order valence-corrected chi connectivity index (χ0v) is 14.7. The second kappa shape index (κ2) is 6.95. The van der Waals surface area contributed by atoms with Gasteiger partial charge >= 0.3 is 0 Å².